The van der Waals surface area contributed by atoms with E-state index in [2.05, 4.69) is 43.7 Å². The molecule has 0 bridgehead atoms. The van der Waals surface area contributed by atoms with Crippen molar-refractivity contribution in [2.45, 2.75) is 40.2 Å². The fraction of sp³-hybridized carbons (Fsp3) is 0.400. The number of rotatable bonds is 7. The number of nitrogens with one attached hydrogen (secondary N) is 2. The second-order valence-corrected chi connectivity index (χ2v) is 7.74. The number of aromatic nitrogens is 4. The van der Waals surface area contributed by atoms with E-state index >= 15 is 0 Å². The van der Waals surface area contributed by atoms with Crippen LogP contribution in [0.4, 0.5) is 0 Å². The number of pyridine rings is 1. The third kappa shape index (κ3) is 6.49. The second-order valence-electron chi connectivity index (χ2n) is 6.54. The van der Waals surface area contributed by atoms with Gasteiger partial charge in [-0.25, -0.2) is 14.6 Å². The third-order valence-electron chi connectivity index (χ3n) is 4.30. The molecule has 0 unspecified atom stereocenters. The zero-order valence-electron chi connectivity index (χ0n) is 17.3. The number of nitrogens with zero attached hydrogens (tertiary/aromatic N) is 5. The van der Waals surface area contributed by atoms with E-state index in [1.807, 2.05) is 43.1 Å². The van der Waals surface area contributed by atoms with Crippen LogP contribution in [-0.4, -0.2) is 39.3 Å². The first-order valence-corrected chi connectivity index (χ1v) is 10.3. The van der Waals surface area contributed by atoms with E-state index < -0.39 is 0 Å². The van der Waals surface area contributed by atoms with Gasteiger partial charge in [0.05, 0.1) is 10.7 Å². The normalized spacial score (nSPS) is 11.2. The Kier molecular flexibility index (Phi) is 9.02. The van der Waals surface area contributed by atoms with Gasteiger partial charge in [0.2, 0.25) is 0 Å². The van der Waals surface area contributed by atoms with Gasteiger partial charge in [0.25, 0.3) is 0 Å². The summed E-state index contributed by atoms with van der Waals surface area (Å²) in [5.74, 6) is 1.60. The average Bonchev–Trinajstić information content (AvgIpc) is 3.30. The summed E-state index contributed by atoms with van der Waals surface area (Å²) in [6.07, 6.45) is 5.77. The first-order valence-electron chi connectivity index (χ1n) is 9.45. The molecule has 7 nitrogen and oxygen atoms in total. The minimum atomic E-state index is 0. The number of hydrogen-bond acceptors (Lipinski definition) is 5. The molecule has 0 spiro atoms. The van der Waals surface area contributed by atoms with Crippen LogP contribution in [0.2, 0.25) is 0 Å². The van der Waals surface area contributed by atoms with Crippen molar-refractivity contribution in [1.29, 1.82) is 0 Å². The van der Waals surface area contributed by atoms with Crippen molar-refractivity contribution >= 4 is 41.3 Å². The summed E-state index contributed by atoms with van der Waals surface area (Å²) in [5, 5.41) is 12.3. The van der Waals surface area contributed by atoms with Crippen LogP contribution in [0.15, 0.2) is 35.6 Å². The Morgan fingerprint density at radius 3 is 2.59 bits per heavy atom. The number of guanidine groups is 1. The van der Waals surface area contributed by atoms with Gasteiger partial charge in [-0.15, -0.1) is 35.3 Å². The molecule has 0 saturated carbocycles. The van der Waals surface area contributed by atoms with Gasteiger partial charge in [0.1, 0.15) is 0 Å². The van der Waals surface area contributed by atoms with Crippen LogP contribution < -0.4 is 10.6 Å². The lowest BCUT2D eigenvalue weighted by Crippen LogP contribution is -2.37. The van der Waals surface area contributed by atoms with Crippen molar-refractivity contribution in [3.05, 3.63) is 57.4 Å². The first-order chi connectivity index (χ1) is 13.6. The van der Waals surface area contributed by atoms with E-state index in [0.717, 1.165) is 53.1 Å². The molecule has 0 aromatic carbocycles. The van der Waals surface area contributed by atoms with Crippen molar-refractivity contribution in [2.75, 3.05) is 13.6 Å². The van der Waals surface area contributed by atoms with Crippen LogP contribution >= 0.6 is 35.3 Å². The van der Waals surface area contributed by atoms with Crippen LogP contribution in [0.3, 0.4) is 0 Å². The lowest BCUT2D eigenvalue weighted by atomic mass is 10.3. The molecular formula is C20H28IN7S. The first kappa shape index (κ1) is 23.3. The molecule has 0 aliphatic carbocycles. The topological polar surface area (TPSA) is 80.0 Å². The van der Waals surface area contributed by atoms with Gasteiger partial charge in [-0.2, -0.15) is 5.10 Å². The molecule has 3 aromatic rings. The molecule has 0 radical (unpaired) electrons. The summed E-state index contributed by atoms with van der Waals surface area (Å²) >= 11 is 1.78. The van der Waals surface area contributed by atoms with Crippen molar-refractivity contribution in [1.82, 2.24) is 30.4 Å². The number of hydrogen-bond donors (Lipinski definition) is 2. The molecular weight excluding hydrogens is 497 g/mol. The average molecular weight is 525 g/mol. The van der Waals surface area contributed by atoms with Crippen LogP contribution in [0, 0.1) is 13.8 Å². The number of aliphatic imine (C=N–C) groups is 1. The van der Waals surface area contributed by atoms with Crippen molar-refractivity contribution in [2.24, 2.45) is 4.99 Å². The van der Waals surface area contributed by atoms with E-state index in [0.29, 0.717) is 6.54 Å². The van der Waals surface area contributed by atoms with Crippen LogP contribution in [0.5, 0.6) is 0 Å². The summed E-state index contributed by atoms with van der Waals surface area (Å²) in [5.41, 5.74) is 3.15. The Hall–Kier alpha value is -2.01. The summed E-state index contributed by atoms with van der Waals surface area (Å²) in [6, 6.07) is 6.09. The molecule has 156 valence electrons. The Morgan fingerprint density at radius 2 is 2.00 bits per heavy atom. The molecule has 3 rings (SSSR count). The Bertz CT molecular complexity index is 931. The monoisotopic (exact) mass is 525 g/mol. The Labute approximate surface area is 193 Å². The highest BCUT2D eigenvalue weighted by Crippen LogP contribution is 2.13. The summed E-state index contributed by atoms with van der Waals surface area (Å²) < 4.78 is 1.86. The van der Waals surface area contributed by atoms with Gasteiger partial charge < -0.3 is 10.6 Å². The maximum atomic E-state index is 4.53. The van der Waals surface area contributed by atoms with E-state index in [1.165, 1.54) is 4.88 Å². The molecule has 2 N–H and O–H groups in total. The summed E-state index contributed by atoms with van der Waals surface area (Å²) in [6.45, 7) is 7.62. The molecule has 3 heterocycles. The van der Waals surface area contributed by atoms with Crippen molar-refractivity contribution in [3.63, 3.8) is 0 Å². The largest absolute Gasteiger partial charge is 0.356 e. The molecule has 0 amide bonds. The molecule has 0 aliphatic heterocycles. The smallest absolute Gasteiger partial charge is 0.191 e. The minimum absolute atomic E-state index is 0. The number of thiazole rings is 1. The molecule has 0 fully saturated rings. The molecule has 29 heavy (non-hydrogen) atoms. The Balaban J connectivity index is 0.00000300. The van der Waals surface area contributed by atoms with E-state index in [4.69, 9.17) is 0 Å². The van der Waals surface area contributed by atoms with Gasteiger partial charge in [-0.3, -0.25) is 4.99 Å². The van der Waals surface area contributed by atoms with E-state index in [9.17, 15) is 0 Å². The third-order valence-corrected chi connectivity index (χ3v) is 5.50. The van der Waals surface area contributed by atoms with Crippen molar-refractivity contribution in [3.8, 4) is 5.82 Å². The maximum Gasteiger partial charge on any atom is 0.191 e. The lowest BCUT2D eigenvalue weighted by Gasteiger charge is -2.11. The molecule has 0 saturated heterocycles. The number of aryl methyl sites for hydroxylation is 3. The van der Waals surface area contributed by atoms with Gasteiger partial charge in [-0.1, -0.05) is 13.0 Å². The summed E-state index contributed by atoms with van der Waals surface area (Å²) in [4.78, 5) is 14.6. The molecule has 0 aliphatic rings. The quantitative estimate of drug-likeness (QED) is 0.281. The standard InChI is InChI=1S/C20H27N7S.HI/c1-5-17-13-24-19(28-17)8-9-22-20(21-4)25-12-16-6-7-18(23-11-16)27-15(3)10-14(2)26-27;/h6-7,10-11,13H,5,8-9,12H2,1-4H3,(H2,21,22,25);1H. The fourth-order valence-corrected chi connectivity index (χ4v) is 3.69. The van der Waals surface area contributed by atoms with Crippen LogP contribution in [0.1, 0.15) is 33.8 Å². The SMILES string of the molecule is CCc1cnc(CCNC(=NC)NCc2ccc(-n3nc(C)cc3C)nc2)s1.I. The number of halogens is 1. The molecule has 9 heteroatoms. The minimum Gasteiger partial charge on any atom is -0.356 e. The van der Waals surface area contributed by atoms with E-state index in [-0.39, 0.29) is 24.0 Å². The predicted octanol–water partition coefficient (Wildman–Crippen LogP) is 3.43. The highest BCUT2D eigenvalue weighted by atomic mass is 127. The van der Waals surface area contributed by atoms with Crippen LogP contribution in [-0.2, 0) is 19.4 Å². The van der Waals surface area contributed by atoms with Crippen LogP contribution in [0.25, 0.3) is 5.82 Å². The summed E-state index contributed by atoms with van der Waals surface area (Å²) in [7, 11) is 1.78. The highest BCUT2D eigenvalue weighted by molar-refractivity contribution is 14.0. The lowest BCUT2D eigenvalue weighted by molar-refractivity contribution is 0.782. The van der Waals surface area contributed by atoms with Gasteiger partial charge in [-0.05, 0) is 38.0 Å². The van der Waals surface area contributed by atoms with Gasteiger partial charge >= 0.3 is 0 Å². The second kappa shape index (κ2) is 11.2. The predicted molar refractivity (Wildman–Crippen MR) is 130 cm³/mol. The maximum absolute atomic E-state index is 4.53. The zero-order valence-corrected chi connectivity index (χ0v) is 20.4. The Morgan fingerprint density at radius 1 is 1.17 bits per heavy atom. The van der Waals surface area contributed by atoms with Gasteiger partial charge in [0.15, 0.2) is 11.8 Å². The van der Waals surface area contributed by atoms with E-state index in [1.54, 1.807) is 18.4 Å². The van der Waals surface area contributed by atoms with Crippen molar-refractivity contribution < 1.29 is 0 Å². The highest BCUT2D eigenvalue weighted by Gasteiger charge is 2.06. The molecule has 0 atom stereocenters. The zero-order chi connectivity index (χ0) is 19.9. The van der Waals surface area contributed by atoms with Gasteiger partial charge in [0, 0.05) is 49.5 Å². The fourth-order valence-electron chi connectivity index (χ4n) is 2.83. The molecule has 3 aromatic heterocycles.